The van der Waals surface area contributed by atoms with Crippen LogP contribution < -0.4 is 0 Å². The van der Waals surface area contributed by atoms with E-state index in [2.05, 4.69) is 473 Å². The monoisotopic (exact) mass is 1960 g/mol. The fourth-order valence-electron chi connectivity index (χ4n) is 25.3. The molecule has 698 valence electrons. The Hall–Kier alpha value is -18.5. The molecule has 6 aliphatic carbocycles. The molecule has 26 aromatic rings. The van der Waals surface area contributed by atoms with Crippen LogP contribution in [0.3, 0.4) is 0 Å². The van der Waals surface area contributed by atoms with Gasteiger partial charge < -0.3 is 0 Å². The van der Waals surface area contributed by atoms with Crippen molar-refractivity contribution in [2.75, 3.05) is 0 Å². The van der Waals surface area contributed by atoms with Gasteiger partial charge in [0.2, 0.25) is 0 Å². The van der Waals surface area contributed by atoms with Crippen LogP contribution in [0, 0.1) is 0 Å². The number of fused-ring (bicyclic) bond motifs is 36. The van der Waals surface area contributed by atoms with Crippen LogP contribution in [0.15, 0.2) is 522 Å². The highest BCUT2D eigenvalue weighted by Crippen LogP contribution is 2.72. The number of hydrogen-bond acceptors (Lipinski definition) is 9. The minimum atomic E-state index is -0.408. The van der Waals surface area contributed by atoms with E-state index in [1.165, 1.54) is 184 Å². The molecule has 0 N–H and O–H groups in total. The second-order valence-electron chi connectivity index (χ2n) is 39.4. The van der Waals surface area contributed by atoms with Gasteiger partial charge in [-0.3, -0.25) is 0 Å². The van der Waals surface area contributed by atoms with Gasteiger partial charge in [0, 0.05) is 112 Å². The molecule has 6 nitrogen and oxygen atoms in total. The molecule has 0 bridgehead atoms. The fraction of sp³-hybridized carbons (Fsp3) is 0.0213. The second kappa shape index (κ2) is 34.9. The minimum absolute atomic E-state index is 0.361. The molecular formula is C141H86N6S3. The van der Waals surface area contributed by atoms with Crippen molar-refractivity contribution in [1.82, 2.24) is 29.9 Å². The zero-order chi connectivity index (χ0) is 98.7. The van der Waals surface area contributed by atoms with Crippen molar-refractivity contribution in [2.24, 2.45) is 0 Å². The first-order valence-corrected chi connectivity index (χ1v) is 53.6. The number of rotatable bonds is 11. The first-order chi connectivity index (χ1) is 74.4. The van der Waals surface area contributed by atoms with E-state index >= 15 is 0 Å². The third-order valence-electron chi connectivity index (χ3n) is 31.6. The van der Waals surface area contributed by atoms with Gasteiger partial charge in [-0.15, -0.1) is 34.0 Å². The molecule has 2 atom stereocenters. The number of benzene rings is 20. The van der Waals surface area contributed by atoms with Gasteiger partial charge in [-0.25, -0.2) is 29.9 Å². The van der Waals surface area contributed by atoms with Crippen molar-refractivity contribution in [2.45, 2.75) is 16.2 Å². The fourth-order valence-corrected chi connectivity index (χ4v) is 29.6. The van der Waals surface area contributed by atoms with Crippen molar-refractivity contribution in [3.63, 3.8) is 0 Å². The third kappa shape index (κ3) is 13.2. The molecule has 0 saturated heterocycles. The molecule has 0 aliphatic heterocycles. The minimum Gasteiger partial charge on any atom is -0.228 e. The first kappa shape index (κ1) is 87.0. The van der Waals surface area contributed by atoms with Crippen molar-refractivity contribution < 1.29 is 0 Å². The average Bonchev–Trinajstić information content (AvgIpc) is 1.50. The van der Waals surface area contributed by atoms with E-state index in [9.17, 15) is 0 Å². The first-order valence-electron chi connectivity index (χ1n) is 51.2. The maximum absolute atomic E-state index is 5.28. The van der Waals surface area contributed by atoms with Gasteiger partial charge in [0.15, 0.2) is 17.5 Å². The standard InChI is InChI=1S/2C49H30N2S.C43H26N2S/c1-3-14-32(15-4-1)42-30-43(33-16-5-2-6-17-33)51-48(50-42)34-28-26-31(27-29-34)35-21-13-22-37-36-18-7-10-23-40(36)49(46(35)37)41-24-11-8-19-38(41)45-39-20-9-12-25-44(39)52-47(45)49;1-3-14-32(15-4-1)42-30-43(51-48(50-42)34-16-5-2-6-17-34)33-28-26-31(27-29-33)35-21-13-24-41-45(35)46-38-20-9-12-25-44(38)52-47(46)49(41)39-22-10-7-18-36(39)37-19-8-11-23-40(37)49;1-3-14-27(15-4-1)36-26-37(28-16-5-2-6-17-28)45-42(44-36)32-21-13-24-35-39(32)29-18-7-10-22-33(29)43(35)34-23-11-8-19-30(34)40-31-20-9-12-25-38(31)46-41(40)43/h2*1-30H;1-26H. The molecule has 9 heteroatoms. The molecule has 150 heavy (non-hydrogen) atoms. The normalized spacial score (nSPS) is 14.5. The van der Waals surface area contributed by atoms with Crippen molar-refractivity contribution >= 4 is 64.3 Å². The Morgan fingerprint density at radius 1 is 0.140 bits per heavy atom. The lowest BCUT2D eigenvalue weighted by Gasteiger charge is -2.31. The molecular weight excluding hydrogens is 1870 g/mol. The quantitative estimate of drug-likeness (QED) is 0.128. The maximum atomic E-state index is 5.28. The lowest BCUT2D eigenvalue weighted by molar-refractivity contribution is 0.812. The highest BCUT2D eigenvalue weighted by Gasteiger charge is 2.58. The Bertz CT molecular complexity index is 9730. The van der Waals surface area contributed by atoms with Crippen molar-refractivity contribution in [3.05, 3.63) is 586 Å². The highest BCUT2D eigenvalue weighted by molar-refractivity contribution is 7.21. The molecule has 20 aromatic carbocycles. The van der Waals surface area contributed by atoms with Crippen molar-refractivity contribution in [1.29, 1.82) is 0 Å². The average molecular weight is 1960 g/mol. The largest absolute Gasteiger partial charge is 0.228 e. The number of thiophene rings is 3. The van der Waals surface area contributed by atoms with Crippen LogP contribution in [0.5, 0.6) is 0 Å². The Morgan fingerprint density at radius 3 is 0.800 bits per heavy atom. The Balaban J connectivity index is 0.000000104. The van der Waals surface area contributed by atoms with Crippen LogP contribution in [0.4, 0.5) is 0 Å². The van der Waals surface area contributed by atoms with Crippen LogP contribution in [0.2, 0.25) is 0 Å². The molecule has 0 fully saturated rings. The van der Waals surface area contributed by atoms with E-state index in [1.54, 1.807) is 0 Å². The predicted octanol–water partition coefficient (Wildman–Crippen LogP) is 36.4. The van der Waals surface area contributed by atoms with E-state index in [0.717, 1.165) is 95.9 Å². The van der Waals surface area contributed by atoms with Crippen LogP contribution in [0.25, 0.3) is 221 Å². The van der Waals surface area contributed by atoms with Crippen molar-refractivity contribution in [3.8, 4) is 191 Å². The summed E-state index contributed by atoms with van der Waals surface area (Å²) in [5, 5.41) is 4.00. The smallest absolute Gasteiger partial charge is 0.161 e. The maximum Gasteiger partial charge on any atom is 0.161 e. The molecule has 6 aromatic heterocycles. The molecule has 0 saturated carbocycles. The van der Waals surface area contributed by atoms with E-state index in [4.69, 9.17) is 29.9 Å². The number of hydrogen-bond donors (Lipinski definition) is 0. The molecule has 32 rings (SSSR count). The van der Waals surface area contributed by atoms with E-state index < -0.39 is 10.8 Å². The zero-order valence-corrected chi connectivity index (χ0v) is 83.5. The summed E-state index contributed by atoms with van der Waals surface area (Å²) in [5.41, 5.74) is 46.8. The second-order valence-corrected chi connectivity index (χ2v) is 42.5. The lowest BCUT2D eigenvalue weighted by atomic mass is 9.71. The molecule has 6 aliphatic rings. The molecule has 3 spiro atoms. The molecule has 0 radical (unpaired) electrons. The molecule has 6 heterocycles. The highest BCUT2D eigenvalue weighted by atomic mass is 32.1. The van der Waals surface area contributed by atoms with Crippen LogP contribution in [-0.2, 0) is 16.2 Å². The summed E-state index contributed by atoms with van der Waals surface area (Å²) in [6.45, 7) is 0. The molecule has 2 unspecified atom stereocenters. The summed E-state index contributed by atoms with van der Waals surface area (Å²) in [4.78, 5) is 35.1. The van der Waals surface area contributed by atoms with Gasteiger partial charge in [-0.1, -0.05) is 485 Å². The zero-order valence-electron chi connectivity index (χ0n) is 81.1. The summed E-state index contributed by atoms with van der Waals surface area (Å²) in [6.07, 6.45) is 0. The van der Waals surface area contributed by atoms with Gasteiger partial charge >= 0.3 is 0 Å². The van der Waals surface area contributed by atoms with Gasteiger partial charge in [-0.2, -0.15) is 0 Å². The SMILES string of the molecule is c1ccc(-c2cc(-c3ccc(-c4cccc5c4-c4c(sc6ccccc46)C54c5ccccc5-c5ccccc54)cc3)nc(-c3ccccc3)n2)cc1.c1ccc(-c2cc(-c3ccccc3)nc(-c3ccc(-c4cccc5c4C4(c6ccccc6-5)c5ccccc5-c5c4sc4ccccc54)cc3)n2)cc1.c1ccc(-c2cc(-c3ccccc3)nc(-c3cccc4c3-c3ccccc3C43c4ccccc4-c4c3sc3ccccc43)n2)cc1. The predicted molar refractivity (Wildman–Crippen MR) is 621 cm³/mol. The summed E-state index contributed by atoms with van der Waals surface area (Å²) in [6, 6.07) is 188. The topological polar surface area (TPSA) is 77.3 Å². The number of aromatic nitrogens is 6. The van der Waals surface area contributed by atoms with Crippen LogP contribution >= 0.6 is 34.0 Å². The Morgan fingerprint density at radius 2 is 0.380 bits per heavy atom. The van der Waals surface area contributed by atoms with Gasteiger partial charge in [0.05, 0.1) is 50.4 Å². The van der Waals surface area contributed by atoms with Crippen LogP contribution in [-0.4, -0.2) is 29.9 Å². The Kier molecular flexibility index (Phi) is 20.2. The van der Waals surface area contributed by atoms with E-state index in [0.29, 0.717) is 5.82 Å². The third-order valence-corrected chi connectivity index (χ3v) is 35.4. The lowest BCUT2D eigenvalue weighted by Crippen LogP contribution is -2.25. The summed E-state index contributed by atoms with van der Waals surface area (Å²) in [7, 11) is 0. The van der Waals surface area contributed by atoms with E-state index in [-0.39, 0.29) is 5.41 Å². The number of nitrogens with zero attached hydrogens (tertiary/aromatic N) is 6. The van der Waals surface area contributed by atoms with E-state index in [1.807, 2.05) is 82.5 Å². The van der Waals surface area contributed by atoms with Gasteiger partial charge in [-0.05, 0) is 159 Å². The summed E-state index contributed by atoms with van der Waals surface area (Å²) in [5.74, 6) is 2.18. The van der Waals surface area contributed by atoms with Gasteiger partial charge in [0.25, 0.3) is 0 Å². The van der Waals surface area contributed by atoms with Crippen LogP contribution in [0.1, 0.15) is 64.7 Å². The Labute approximate surface area is 880 Å². The molecule has 0 amide bonds. The van der Waals surface area contributed by atoms with Gasteiger partial charge in [0.1, 0.15) is 0 Å². The summed E-state index contributed by atoms with van der Waals surface area (Å²) < 4.78 is 3.99. The summed E-state index contributed by atoms with van der Waals surface area (Å²) >= 11 is 5.84.